The molecule has 2 aliphatic heterocycles. The third-order valence-corrected chi connectivity index (χ3v) is 20.3. The first-order valence-corrected chi connectivity index (χ1v) is 26.8. The summed E-state index contributed by atoms with van der Waals surface area (Å²) < 4.78 is 36.8. The van der Waals surface area contributed by atoms with Crippen molar-refractivity contribution in [2.24, 2.45) is 56.2 Å². The largest absolute Gasteiger partial charge is 0.479 e. The topological polar surface area (TPSA) is 309 Å². The maximum Gasteiger partial charge on any atom is 0.335 e. The van der Waals surface area contributed by atoms with Gasteiger partial charge < -0.3 is 79.5 Å². The maximum absolute atomic E-state index is 14.0. The highest BCUT2D eigenvalue weighted by molar-refractivity contribution is 5.87. The molecule has 0 radical (unpaired) electrons. The summed E-state index contributed by atoms with van der Waals surface area (Å²) in [6, 6.07) is 9.21. The van der Waals surface area contributed by atoms with Crippen molar-refractivity contribution in [1.82, 2.24) is 0 Å². The van der Waals surface area contributed by atoms with E-state index in [1.54, 1.807) is 13.0 Å². The number of esters is 2. The molecule has 2 saturated heterocycles. The zero-order valence-corrected chi connectivity index (χ0v) is 44.6. The Kier molecular flexibility index (Phi) is 16.2. The van der Waals surface area contributed by atoms with Crippen LogP contribution in [0.2, 0.25) is 0 Å². The molecule has 0 amide bonds. The quantitative estimate of drug-likeness (QED) is 0.0588. The lowest BCUT2D eigenvalue weighted by molar-refractivity contribution is -0.374. The molecule has 19 nitrogen and oxygen atoms in total. The molecule has 19 heteroatoms. The summed E-state index contributed by atoms with van der Waals surface area (Å²) in [6.07, 6.45) is -15.6. The van der Waals surface area contributed by atoms with E-state index in [2.05, 4.69) is 19.9 Å². The van der Waals surface area contributed by atoms with E-state index in [4.69, 9.17) is 28.4 Å². The fraction of sp³-hybridized carbons (Fsp3) is 0.768. The number of allylic oxidation sites excluding steroid dienone is 1. The predicted octanol–water partition coefficient (Wildman–Crippen LogP) is 2.63. The highest BCUT2D eigenvalue weighted by Gasteiger charge is 2.76. The lowest BCUT2D eigenvalue weighted by Gasteiger charge is -2.73. The zero-order valence-electron chi connectivity index (χ0n) is 44.6. The number of carbonyl (C=O) groups is 3. The highest BCUT2D eigenvalue weighted by atomic mass is 16.8. The number of carbonyl (C=O) groups excluding carboxylic acids is 2. The Morgan fingerprint density at radius 3 is 2.08 bits per heavy atom. The first-order chi connectivity index (χ1) is 35.1. The van der Waals surface area contributed by atoms with E-state index < -0.39 is 167 Å². The van der Waals surface area contributed by atoms with E-state index in [1.807, 2.05) is 71.9 Å². The van der Waals surface area contributed by atoms with Crippen LogP contribution in [0.4, 0.5) is 0 Å². The minimum Gasteiger partial charge on any atom is -0.479 e. The lowest BCUT2D eigenvalue weighted by Crippen LogP contribution is -2.76. The molecule has 75 heavy (non-hydrogen) atoms. The Morgan fingerprint density at radius 1 is 0.773 bits per heavy atom. The molecule has 10 N–H and O–H groups in total. The van der Waals surface area contributed by atoms with Crippen LogP contribution < -0.4 is 0 Å². The van der Waals surface area contributed by atoms with Crippen molar-refractivity contribution >= 4 is 24.0 Å². The van der Waals surface area contributed by atoms with Crippen molar-refractivity contribution in [3.05, 3.63) is 53.6 Å². The fourth-order valence-electron chi connectivity index (χ4n) is 15.6. The molecular formula is C56H82O19. The van der Waals surface area contributed by atoms with Gasteiger partial charge in [-0.25, -0.2) is 9.59 Å². The molecule has 1 aromatic carbocycles. The first-order valence-electron chi connectivity index (χ1n) is 26.8. The van der Waals surface area contributed by atoms with E-state index in [0.29, 0.717) is 44.9 Å². The van der Waals surface area contributed by atoms with Crippen molar-refractivity contribution in [3.63, 3.8) is 0 Å². The molecule has 0 aromatic heterocycles. The van der Waals surface area contributed by atoms with Crippen LogP contribution >= 0.6 is 0 Å². The molecule has 7 aliphatic rings. The Labute approximate surface area is 438 Å². The van der Waals surface area contributed by atoms with E-state index >= 15 is 0 Å². The van der Waals surface area contributed by atoms with Crippen molar-refractivity contribution in [2.75, 3.05) is 13.2 Å². The molecule has 4 saturated carbocycles. The molecule has 1 aromatic rings. The molecule has 6 fully saturated rings. The van der Waals surface area contributed by atoms with Gasteiger partial charge in [-0.2, -0.15) is 0 Å². The molecule has 23 atom stereocenters. The zero-order chi connectivity index (χ0) is 55.1. The van der Waals surface area contributed by atoms with E-state index in [1.165, 1.54) is 6.08 Å². The van der Waals surface area contributed by atoms with Gasteiger partial charge in [0.2, 0.25) is 0 Å². The standard InChI is InChI=1S/C56H82O19/c1-10-27(2)48(69)75-46-45(72-35(59)19-16-28-14-12-11-13-15-28)51(3,4)24-30-29-17-18-33-53(7)22-21-34(52(5,6)32(53)20-23-54(33,8)55(29,9)43(65)44(66)56(30,46)26-58)71-50-42(39(63)38(62)41(73-50)47(67)68)74-49-40(64)37(61)36(60)31(25-57)70-49/h11-17,19,27,30-34,36-46,49-50,57-58,60-66H,10,18,20-26H2,1-9H3,(H,67,68)/b19-16+/t27-,30-,31+,32-,33+,34-,36+,37-,38-,39-,40+,41-,42+,43-,44+,45-,46-,49-,50+,53-,54+,55-,56-/m0/s1. The third kappa shape index (κ3) is 9.24. The number of aliphatic carboxylic acids is 1. The van der Waals surface area contributed by atoms with Crippen LogP contribution in [0.25, 0.3) is 6.08 Å². The van der Waals surface area contributed by atoms with Crippen LogP contribution in [0, 0.1) is 56.2 Å². The number of aliphatic hydroxyl groups is 9. The fourth-order valence-corrected chi connectivity index (χ4v) is 15.6. The number of benzene rings is 1. The number of ether oxygens (including phenoxy) is 6. The van der Waals surface area contributed by atoms with E-state index in [-0.39, 0.29) is 11.8 Å². The van der Waals surface area contributed by atoms with Gasteiger partial charge in [-0.05, 0) is 90.6 Å². The average molecular weight is 1060 g/mol. The van der Waals surface area contributed by atoms with Gasteiger partial charge >= 0.3 is 17.9 Å². The summed E-state index contributed by atoms with van der Waals surface area (Å²) in [7, 11) is 0. The molecule has 8 rings (SSSR count). The van der Waals surface area contributed by atoms with E-state index in [9.17, 15) is 65.4 Å². The first kappa shape index (κ1) is 57.8. The minimum absolute atomic E-state index is 0.0777. The van der Waals surface area contributed by atoms with Crippen LogP contribution in [0.5, 0.6) is 0 Å². The van der Waals surface area contributed by atoms with Gasteiger partial charge in [0.1, 0.15) is 48.8 Å². The smallest absolute Gasteiger partial charge is 0.335 e. The Hall–Kier alpha value is -3.41. The molecule has 0 unspecified atom stereocenters. The number of aliphatic hydroxyl groups excluding tert-OH is 9. The molecular weight excluding hydrogens is 977 g/mol. The van der Waals surface area contributed by atoms with Gasteiger partial charge in [0.25, 0.3) is 0 Å². The average Bonchev–Trinajstić information content (AvgIpc) is 3.36. The lowest BCUT2D eigenvalue weighted by atomic mass is 9.32. The van der Waals surface area contributed by atoms with Crippen LogP contribution in [0.1, 0.15) is 113 Å². The summed E-state index contributed by atoms with van der Waals surface area (Å²) in [5, 5.41) is 112. The van der Waals surface area contributed by atoms with Crippen LogP contribution in [0.3, 0.4) is 0 Å². The number of fused-ring (bicyclic) bond motifs is 7. The maximum atomic E-state index is 14.0. The summed E-state index contributed by atoms with van der Waals surface area (Å²) in [6.45, 7) is 16.5. The van der Waals surface area contributed by atoms with Crippen molar-refractivity contribution in [3.8, 4) is 0 Å². The highest BCUT2D eigenvalue weighted by Crippen LogP contribution is 2.76. The number of hydrogen-bond acceptors (Lipinski definition) is 18. The van der Waals surface area contributed by atoms with Gasteiger partial charge in [-0.3, -0.25) is 4.79 Å². The van der Waals surface area contributed by atoms with Gasteiger partial charge in [0.05, 0.1) is 42.9 Å². The van der Waals surface area contributed by atoms with Crippen LogP contribution in [0.15, 0.2) is 48.1 Å². The Bertz CT molecular complexity index is 2300. The van der Waals surface area contributed by atoms with Crippen LogP contribution in [-0.2, 0) is 42.8 Å². The van der Waals surface area contributed by atoms with E-state index in [0.717, 1.165) is 11.1 Å². The monoisotopic (exact) mass is 1060 g/mol. The second-order valence-electron chi connectivity index (χ2n) is 24.9. The summed E-state index contributed by atoms with van der Waals surface area (Å²) in [4.78, 5) is 40.1. The number of carboxylic acids is 1. The number of hydrogen-bond donors (Lipinski definition) is 10. The summed E-state index contributed by atoms with van der Waals surface area (Å²) >= 11 is 0. The minimum atomic E-state index is -2.02. The molecule has 5 aliphatic carbocycles. The molecule has 0 spiro atoms. The Balaban J connectivity index is 1.11. The van der Waals surface area contributed by atoms with Crippen molar-refractivity contribution in [2.45, 2.75) is 199 Å². The SMILES string of the molecule is CC[C@H](C)C(=O)O[C@H]1[C@H](OC(=O)/C=C/c2ccccc2)C(C)(C)C[C@H]2C3=CC[C@@H]4[C@@]5(C)CC[C@H](O[C@@H]6O[C@H](C(=O)O)[C@@H](O)[C@H](O)[C@H]6O[C@@H]6O[C@H](CO)[C@@H](O)[C@H](O)[C@H]6O)C(C)(C)[C@@H]5CC[C@@]4(C)[C@]3(C)[C@@H](O)[C@@H](O)[C@]21CO. The number of carboxylic acid groups (broad SMARTS) is 1. The predicted molar refractivity (Wildman–Crippen MR) is 266 cm³/mol. The van der Waals surface area contributed by atoms with Gasteiger partial charge in [-0.15, -0.1) is 0 Å². The van der Waals surface area contributed by atoms with Crippen LogP contribution in [-0.4, -0.2) is 174 Å². The van der Waals surface area contributed by atoms with Gasteiger partial charge in [0, 0.05) is 16.9 Å². The van der Waals surface area contributed by atoms with Crippen molar-refractivity contribution < 1.29 is 93.9 Å². The normalized spacial score (nSPS) is 46.5. The number of rotatable bonds is 13. The van der Waals surface area contributed by atoms with Gasteiger partial charge in [0.15, 0.2) is 24.8 Å². The third-order valence-electron chi connectivity index (χ3n) is 20.3. The second-order valence-corrected chi connectivity index (χ2v) is 24.9. The molecule has 2 heterocycles. The summed E-state index contributed by atoms with van der Waals surface area (Å²) in [5.74, 6) is -4.23. The Morgan fingerprint density at radius 2 is 1.45 bits per heavy atom. The molecule has 420 valence electrons. The van der Waals surface area contributed by atoms with Crippen molar-refractivity contribution in [1.29, 1.82) is 0 Å². The molecule has 0 bridgehead atoms. The van der Waals surface area contributed by atoms with Gasteiger partial charge in [-0.1, -0.05) is 104 Å². The second kappa shape index (κ2) is 21.0. The summed E-state index contributed by atoms with van der Waals surface area (Å²) in [5.41, 5.74) is -3.84.